The van der Waals surface area contributed by atoms with Gasteiger partial charge in [-0.15, -0.1) is 0 Å². The van der Waals surface area contributed by atoms with Crippen molar-refractivity contribution in [2.75, 3.05) is 4.90 Å². The molecule has 0 fully saturated rings. The molecule has 3 heteroatoms. The molecule has 0 aliphatic heterocycles. The zero-order valence-corrected chi connectivity index (χ0v) is 32.6. The van der Waals surface area contributed by atoms with Crippen LogP contribution in [0.5, 0.6) is 0 Å². The van der Waals surface area contributed by atoms with Gasteiger partial charge in [0, 0.05) is 44.5 Å². The molecule has 13 rings (SSSR count). The van der Waals surface area contributed by atoms with E-state index in [4.69, 9.17) is 4.42 Å². The van der Waals surface area contributed by atoms with E-state index in [1.807, 2.05) is 0 Å². The Hall–Kier alpha value is -7.88. The second kappa shape index (κ2) is 12.6. The van der Waals surface area contributed by atoms with Crippen LogP contribution in [-0.4, -0.2) is 4.57 Å². The number of hydrogen-bond acceptors (Lipinski definition) is 2. The molecule has 2 heterocycles. The molecule has 0 bridgehead atoms. The molecule has 0 amide bonds. The van der Waals surface area contributed by atoms with E-state index in [0.717, 1.165) is 39.5 Å². The van der Waals surface area contributed by atoms with Gasteiger partial charge in [-0.05, 0) is 117 Å². The molecule has 0 saturated carbocycles. The average molecular weight is 765 g/mol. The predicted octanol–water partition coefficient (Wildman–Crippen LogP) is 15.0. The summed E-state index contributed by atoms with van der Waals surface area (Å²) < 4.78 is 9.55. The van der Waals surface area contributed by atoms with Crippen molar-refractivity contribution in [3.8, 4) is 39.1 Å². The second-order valence-corrected chi connectivity index (χ2v) is 16.0. The Morgan fingerprint density at radius 1 is 0.383 bits per heavy atom. The number of hydrogen-bond donors (Lipinski definition) is 0. The van der Waals surface area contributed by atoms with Crippen LogP contribution in [0.15, 0.2) is 223 Å². The lowest BCUT2D eigenvalue weighted by Crippen LogP contribution is -2.26. The van der Waals surface area contributed by atoms with Gasteiger partial charge in [-0.3, -0.25) is 0 Å². The first-order chi connectivity index (χ1) is 29.8. The standard InChI is InChI=1S/C57H36N2O/c1-3-15-39(16-4-1)58(40-17-5-2-6-18-40)42-32-34-47-51(36-42)57(56-55(47)48-22-10-14-26-54(48)60-56)49-23-11-7-19-43(49)44-33-29-38(35-50(44)57)37-27-30-41(31-28-37)59-52-24-12-8-20-45(52)46-21-9-13-25-53(46)59/h1-36H. The first kappa shape index (κ1) is 33.1. The zero-order valence-electron chi connectivity index (χ0n) is 32.6. The van der Waals surface area contributed by atoms with E-state index in [9.17, 15) is 0 Å². The highest BCUT2D eigenvalue weighted by Gasteiger charge is 2.55. The number of furan rings is 1. The molecule has 2 aliphatic carbocycles. The van der Waals surface area contributed by atoms with Crippen molar-refractivity contribution >= 4 is 49.8 Å². The van der Waals surface area contributed by atoms with Crippen molar-refractivity contribution in [2.24, 2.45) is 0 Å². The van der Waals surface area contributed by atoms with Gasteiger partial charge in [0.25, 0.3) is 0 Å². The minimum Gasteiger partial charge on any atom is -0.459 e. The molecule has 1 atom stereocenters. The number of fused-ring (bicyclic) bond motifs is 15. The monoisotopic (exact) mass is 764 g/mol. The summed E-state index contributed by atoms with van der Waals surface area (Å²) >= 11 is 0. The molecule has 3 nitrogen and oxygen atoms in total. The van der Waals surface area contributed by atoms with Gasteiger partial charge in [0.05, 0.1) is 11.0 Å². The lowest BCUT2D eigenvalue weighted by molar-refractivity contribution is 0.507. The fourth-order valence-electron chi connectivity index (χ4n) is 10.5. The molecule has 11 aromatic rings. The largest absolute Gasteiger partial charge is 0.459 e. The Kier molecular flexibility index (Phi) is 6.93. The predicted molar refractivity (Wildman–Crippen MR) is 247 cm³/mol. The lowest BCUT2D eigenvalue weighted by Gasteiger charge is -2.31. The van der Waals surface area contributed by atoms with Gasteiger partial charge >= 0.3 is 0 Å². The third-order valence-corrected chi connectivity index (χ3v) is 13.0. The van der Waals surface area contributed by atoms with Gasteiger partial charge in [-0.25, -0.2) is 0 Å². The summed E-state index contributed by atoms with van der Waals surface area (Å²) in [6.07, 6.45) is 0. The summed E-state index contributed by atoms with van der Waals surface area (Å²) in [5.74, 6) is 0.992. The number of para-hydroxylation sites is 5. The Labute approximate surface area is 347 Å². The van der Waals surface area contributed by atoms with Gasteiger partial charge in [-0.1, -0.05) is 146 Å². The fourth-order valence-corrected chi connectivity index (χ4v) is 10.5. The van der Waals surface area contributed by atoms with Crippen LogP contribution < -0.4 is 4.90 Å². The van der Waals surface area contributed by atoms with Crippen molar-refractivity contribution in [3.63, 3.8) is 0 Å². The smallest absolute Gasteiger partial charge is 0.135 e. The molecule has 280 valence electrons. The van der Waals surface area contributed by atoms with Crippen LogP contribution in [0.4, 0.5) is 17.1 Å². The molecule has 2 aliphatic rings. The minimum atomic E-state index is -0.677. The van der Waals surface area contributed by atoms with Gasteiger partial charge < -0.3 is 13.9 Å². The zero-order chi connectivity index (χ0) is 39.4. The first-order valence-electron chi connectivity index (χ1n) is 20.7. The van der Waals surface area contributed by atoms with Gasteiger partial charge in [-0.2, -0.15) is 0 Å². The first-order valence-corrected chi connectivity index (χ1v) is 20.7. The summed E-state index contributed by atoms with van der Waals surface area (Å²) in [7, 11) is 0. The summed E-state index contributed by atoms with van der Waals surface area (Å²) in [6.45, 7) is 0. The van der Waals surface area contributed by atoms with Crippen molar-refractivity contribution in [3.05, 3.63) is 241 Å². The third-order valence-electron chi connectivity index (χ3n) is 13.0. The van der Waals surface area contributed by atoms with Crippen LogP contribution in [0.1, 0.15) is 22.5 Å². The highest BCUT2D eigenvalue weighted by molar-refractivity contribution is 6.09. The molecular weight excluding hydrogens is 729 g/mol. The number of rotatable bonds is 5. The van der Waals surface area contributed by atoms with E-state index in [1.54, 1.807) is 0 Å². The normalized spacial score (nSPS) is 14.7. The Balaban J connectivity index is 1.04. The highest BCUT2D eigenvalue weighted by atomic mass is 16.3. The van der Waals surface area contributed by atoms with Gasteiger partial charge in [0.2, 0.25) is 0 Å². The molecule has 0 N–H and O–H groups in total. The van der Waals surface area contributed by atoms with Crippen molar-refractivity contribution in [2.45, 2.75) is 5.41 Å². The Bertz CT molecular complexity index is 3390. The second-order valence-electron chi connectivity index (χ2n) is 16.0. The summed E-state index contributed by atoms with van der Waals surface area (Å²) in [4.78, 5) is 2.36. The van der Waals surface area contributed by atoms with Crippen molar-refractivity contribution in [1.29, 1.82) is 0 Å². The SMILES string of the molecule is c1ccc(N(c2ccccc2)c2ccc3c(c2)C2(c4ccccc4-c4ccc(-c5ccc(-n6c7ccccc7c7ccccc76)cc5)cc42)c2oc4ccccc4c2-3)cc1. The molecule has 60 heavy (non-hydrogen) atoms. The van der Waals surface area contributed by atoms with E-state index in [1.165, 1.54) is 71.9 Å². The quantitative estimate of drug-likeness (QED) is 0.174. The van der Waals surface area contributed by atoms with E-state index < -0.39 is 5.41 Å². The maximum Gasteiger partial charge on any atom is 0.135 e. The molecule has 2 aromatic heterocycles. The number of aromatic nitrogens is 1. The van der Waals surface area contributed by atoms with E-state index >= 15 is 0 Å². The maximum absolute atomic E-state index is 7.17. The van der Waals surface area contributed by atoms with Crippen LogP contribution in [0, 0.1) is 0 Å². The van der Waals surface area contributed by atoms with E-state index in [-0.39, 0.29) is 0 Å². The van der Waals surface area contributed by atoms with Gasteiger partial charge in [0.15, 0.2) is 0 Å². The number of benzene rings is 9. The van der Waals surface area contributed by atoms with Crippen molar-refractivity contribution in [1.82, 2.24) is 4.57 Å². The summed E-state index contributed by atoms with van der Waals surface area (Å²) in [5, 5.41) is 3.67. The van der Waals surface area contributed by atoms with E-state index in [0.29, 0.717) is 0 Å². The van der Waals surface area contributed by atoms with E-state index in [2.05, 4.69) is 228 Å². The van der Waals surface area contributed by atoms with Crippen molar-refractivity contribution < 1.29 is 4.42 Å². The topological polar surface area (TPSA) is 21.3 Å². The fraction of sp³-hybridized carbons (Fsp3) is 0.0175. The van der Waals surface area contributed by atoms with Crippen LogP contribution in [-0.2, 0) is 5.41 Å². The third kappa shape index (κ3) is 4.49. The maximum atomic E-state index is 7.17. The average Bonchev–Trinajstić information content (AvgIpc) is 4.03. The van der Waals surface area contributed by atoms with Crippen LogP contribution >= 0.6 is 0 Å². The highest BCUT2D eigenvalue weighted by Crippen LogP contribution is 2.65. The molecule has 9 aromatic carbocycles. The molecule has 0 saturated heterocycles. The summed E-state index contributed by atoms with van der Waals surface area (Å²) in [6, 6.07) is 79.4. The molecule has 1 unspecified atom stereocenters. The minimum absolute atomic E-state index is 0.677. The van der Waals surface area contributed by atoms with Crippen LogP contribution in [0.2, 0.25) is 0 Å². The number of anilines is 3. The Morgan fingerprint density at radius 3 is 1.65 bits per heavy atom. The molecule has 0 radical (unpaired) electrons. The summed E-state index contributed by atoms with van der Waals surface area (Å²) in [5.41, 5.74) is 18.1. The number of nitrogens with zero attached hydrogens (tertiary/aromatic N) is 2. The van der Waals surface area contributed by atoms with Gasteiger partial charge in [0.1, 0.15) is 16.8 Å². The molecule has 1 spiro atoms. The molecular formula is C57H36N2O. The Morgan fingerprint density at radius 2 is 0.933 bits per heavy atom. The lowest BCUT2D eigenvalue weighted by atomic mass is 9.72. The van der Waals surface area contributed by atoms with Crippen LogP contribution in [0.3, 0.4) is 0 Å². The van der Waals surface area contributed by atoms with Crippen LogP contribution in [0.25, 0.3) is 71.8 Å².